The molecule has 0 saturated heterocycles. The molecule has 0 aliphatic heterocycles. The molecule has 32 heavy (non-hydrogen) atoms. The normalized spacial score (nSPS) is 23.2. The van der Waals surface area contributed by atoms with Crippen molar-refractivity contribution in [2.24, 2.45) is 0 Å². The molecule has 3 N–H and O–H groups in total. The molecule has 1 fully saturated rings. The van der Waals surface area contributed by atoms with Gasteiger partial charge in [0.25, 0.3) is 0 Å². The quantitative estimate of drug-likeness (QED) is 0.406. The number of aliphatic hydroxyl groups is 1. The topological polar surface area (TPSA) is 87.3 Å². The van der Waals surface area contributed by atoms with Crippen LogP contribution in [-0.4, -0.2) is 33.1 Å². The Kier molecular flexibility index (Phi) is 5.41. The van der Waals surface area contributed by atoms with Gasteiger partial charge in [0.05, 0.1) is 24.2 Å². The van der Waals surface area contributed by atoms with Gasteiger partial charge in [-0.2, -0.15) is 0 Å². The number of hydrogen-bond donors (Lipinski definition) is 3. The van der Waals surface area contributed by atoms with Crippen molar-refractivity contribution < 1.29 is 14.1 Å². The Balaban J connectivity index is 1.49. The van der Waals surface area contributed by atoms with Crippen LogP contribution in [0.1, 0.15) is 25.3 Å². The van der Waals surface area contributed by atoms with Crippen molar-refractivity contribution in [3.05, 3.63) is 72.8 Å². The number of benzene rings is 3. The van der Waals surface area contributed by atoms with Gasteiger partial charge in [0, 0.05) is 27.8 Å². The second kappa shape index (κ2) is 8.24. The molecule has 5 rings (SSSR count). The minimum Gasteiger partial charge on any atom is -0.497 e. The highest BCUT2D eigenvalue weighted by molar-refractivity contribution is 7.90. The number of aliphatic hydroxyl groups excluding tert-OH is 1. The lowest BCUT2D eigenvalue weighted by Crippen LogP contribution is -2.49. The summed E-state index contributed by atoms with van der Waals surface area (Å²) in [5.74, 6) is 0.646. The van der Waals surface area contributed by atoms with E-state index >= 15 is 0 Å². The highest BCUT2D eigenvalue weighted by atomic mass is 32.2. The van der Waals surface area contributed by atoms with Crippen LogP contribution in [0.2, 0.25) is 0 Å². The molecule has 4 aromatic rings. The van der Waals surface area contributed by atoms with Gasteiger partial charge in [0.15, 0.2) is 0 Å². The number of nitrogens with zero attached hydrogens (tertiary/aromatic N) is 1. The first-order valence-corrected chi connectivity index (χ1v) is 12.4. The van der Waals surface area contributed by atoms with Crippen molar-refractivity contribution in [1.29, 1.82) is 4.78 Å². The van der Waals surface area contributed by atoms with E-state index in [2.05, 4.69) is 33.6 Å². The van der Waals surface area contributed by atoms with Crippen molar-refractivity contribution in [3.8, 4) is 5.75 Å². The van der Waals surface area contributed by atoms with Crippen molar-refractivity contribution in [3.63, 3.8) is 0 Å². The number of nitrogens with one attached hydrogen (secondary N) is 2. The lowest BCUT2D eigenvalue weighted by molar-refractivity contribution is 0.0550. The number of rotatable bonds is 5. The maximum absolute atomic E-state index is 13.2. The first kappa shape index (κ1) is 21.0. The molecule has 0 bridgehead atoms. The van der Waals surface area contributed by atoms with E-state index < -0.39 is 22.1 Å². The van der Waals surface area contributed by atoms with Crippen LogP contribution in [0.5, 0.6) is 5.75 Å². The third-order valence-corrected chi connectivity index (χ3v) is 8.05. The van der Waals surface area contributed by atoms with Gasteiger partial charge in [-0.1, -0.05) is 36.4 Å². The molecule has 4 unspecified atom stereocenters. The summed E-state index contributed by atoms with van der Waals surface area (Å²) in [5, 5.41) is 13.7. The molecule has 6 nitrogen and oxygen atoms in total. The Hall–Kier alpha value is -2.87. The first-order valence-electron chi connectivity index (χ1n) is 10.9. The third-order valence-electron chi connectivity index (χ3n) is 6.48. The highest BCUT2D eigenvalue weighted by Gasteiger charge is 2.36. The summed E-state index contributed by atoms with van der Waals surface area (Å²) < 4.78 is 32.1. The standard InChI is InChI=1S/C25H27N3O3S/c1-31-17-13-15-18(16-14-17)32(26,30)27-21-9-6-12-24(25(21)29)28-22-10-4-2-7-19(22)20-8-3-5-11-23(20)28/h2-5,7-8,10-11,13-16,21,24-25,29H,6,9,12H2,1H3,(H2,26,27,30). The summed E-state index contributed by atoms with van der Waals surface area (Å²) in [7, 11) is -1.70. The van der Waals surface area contributed by atoms with Crippen LogP contribution in [0.3, 0.4) is 0 Å². The molecule has 0 radical (unpaired) electrons. The summed E-state index contributed by atoms with van der Waals surface area (Å²) in [5.41, 5.74) is 2.17. The van der Waals surface area contributed by atoms with Crippen molar-refractivity contribution in [2.45, 2.75) is 42.3 Å². The Labute approximate surface area is 187 Å². The molecular weight excluding hydrogens is 422 g/mol. The van der Waals surface area contributed by atoms with Crippen LogP contribution in [0.25, 0.3) is 21.8 Å². The SMILES string of the molecule is COc1ccc(S(=N)(=O)NC2CCCC(n3c4ccccc4c4ccccc43)C2O)cc1. The molecular formula is C25H27N3O3S. The van der Waals surface area contributed by atoms with Gasteiger partial charge in [0.1, 0.15) is 15.7 Å². The molecule has 4 atom stereocenters. The van der Waals surface area contributed by atoms with Gasteiger partial charge < -0.3 is 14.4 Å². The fourth-order valence-corrected chi connectivity index (χ4v) is 6.26. The maximum atomic E-state index is 13.2. The molecule has 0 spiro atoms. The fourth-order valence-electron chi connectivity index (χ4n) is 4.93. The van der Waals surface area contributed by atoms with Crippen LogP contribution >= 0.6 is 0 Å². The molecule has 1 aromatic heterocycles. The van der Waals surface area contributed by atoms with E-state index in [4.69, 9.17) is 9.52 Å². The van der Waals surface area contributed by atoms with E-state index in [9.17, 15) is 9.32 Å². The average molecular weight is 450 g/mol. The summed E-state index contributed by atoms with van der Waals surface area (Å²) >= 11 is 0. The molecule has 1 saturated carbocycles. The molecule has 1 heterocycles. The van der Waals surface area contributed by atoms with E-state index in [-0.39, 0.29) is 6.04 Å². The number of ether oxygens (including phenoxy) is 1. The Bertz CT molecular complexity index is 1310. The van der Waals surface area contributed by atoms with E-state index in [1.807, 2.05) is 24.3 Å². The Morgan fingerprint density at radius 2 is 1.56 bits per heavy atom. The summed E-state index contributed by atoms with van der Waals surface area (Å²) in [6.45, 7) is 0. The van der Waals surface area contributed by atoms with Crippen LogP contribution in [-0.2, 0) is 9.92 Å². The second-order valence-corrected chi connectivity index (χ2v) is 10.2. The molecule has 3 aromatic carbocycles. The second-order valence-electron chi connectivity index (χ2n) is 8.35. The summed E-state index contributed by atoms with van der Waals surface area (Å²) in [6.07, 6.45) is 1.59. The predicted molar refractivity (Wildman–Crippen MR) is 127 cm³/mol. The van der Waals surface area contributed by atoms with Crippen molar-refractivity contribution in [1.82, 2.24) is 9.29 Å². The van der Waals surface area contributed by atoms with Gasteiger partial charge in [-0.05, 0) is 55.7 Å². The summed E-state index contributed by atoms with van der Waals surface area (Å²) in [6, 6.07) is 22.6. The minimum atomic E-state index is -3.27. The van der Waals surface area contributed by atoms with Gasteiger partial charge in [-0.25, -0.2) is 13.7 Å². The molecule has 0 amide bonds. The zero-order chi connectivity index (χ0) is 22.3. The van der Waals surface area contributed by atoms with Gasteiger partial charge >= 0.3 is 0 Å². The van der Waals surface area contributed by atoms with Crippen molar-refractivity contribution >= 4 is 31.7 Å². The lowest BCUT2D eigenvalue weighted by Gasteiger charge is -2.37. The Morgan fingerprint density at radius 1 is 0.969 bits per heavy atom. The van der Waals surface area contributed by atoms with Gasteiger partial charge in [0.2, 0.25) is 0 Å². The summed E-state index contributed by atoms with van der Waals surface area (Å²) in [4.78, 5) is 0.379. The van der Waals surface area contributed by atoms with Gasteiger partial charge in [-0.3, -0.25) is 0 Å². The maximum Gasteiger partial charge on any atom is 0.134 e. The minimum absolute atomic E-state index is 0.169. The van der Waals surface area contributed by atoms with E-state index in [1.54, 1.807) is 31.4 Å². The zero-order valence-electron chi connectivity index (χ0n) is 17.9. The zero-order valence-corrected chi connectivity index (χ0v) is 18.7. The smallest absolute Gasteiger partial charge is 0.134 e. The molecule has 1 aliphatic rings. The van der Waals surface area contributed by atoms with E-state index in [0.717, 1.165) is 34.6 Å². The third kappa shape index (κ3) is 3.56. The van der Waals surface area contributed by atoms with Crippen LogP contribution in [0.4, 0.5) is 0 Å². The average Bonchev–Trinajstić information content (AvgIpc) is 3.15. The van der Waals surface area contributed by atoms with E-state index in [0.29, 0.717) is 17.1 Å². The van der Waals surface area contributed by atoms with Crippen molar-refractivity contribution in [2.75, 3.05) is 7.11 Å². The lowest BCUT2D eigenvalue weighted by atomic mass is 9.88. The van der Waals surface area contributed by atoms with Gasteiger partial charge in [-0.15, -0.1) is 0 Å². The monoisotopic (exact) mass is 449 g/mol. The number of para-hydroxylation sites is 2. The number of methoxy groups -OCH3 is 1. The number of aromatic nitrogens is 1. The van der Waals surface area contributed by atoms with Crippen LogP contribution < -0.4 is 9.46 Å². The largest absolute Gasteiger partial charge is 0.497 e. The number of fused-ring (bicyclic) bond motifs is 3. The van der Waals surface area contributed by atoms with E-state index in [1.165, 1.54) is 0 Å². The van der Waals surface area contributed by atoms with Crippen LogP contribution in [0, 0.1) is 4.78 Å². The number of hydrogen-bond acceptors (Lipinski definition) is 4. The predicted octanol–water partition coefficient (Wildman–Crippen LogP) is 4.87. The molecule has 7 heteroatoms. The Morgan fingerprint density at radius 3 is 2.16 bits per heavy atom. The fraction of sp³-hybridized carbons (Fsp3) is 0.280. The molecule has 166 valence electrons. The first-order chi connectivity index (χ1) is 15.5. The molecule has 1 aliphatic carbocycles. The highest BCUT2D eigenvalue weighted by Crippen LogP contribution is 2.38. The van der Waals surface area contributed by atoms with Crippen LogP contribution in [0.15, 0.2) is 77.7 Å².